The van der Waals surface area contributed by atoms with E-state index in [1.54, 1.807) is 0 Å². The highest BCUT2D eigenvalue weighted by Gasteiger charge is 2.38. The zero-order valence-electron chi connectivity index (χ0n) is 16.2. The van der Waals surface area contributed by atoms with Crippen LogP contribution in [-0.4, -0.2) is 19.4 Å². The van der Waals surface area contributed by atoms with E-state index < -0.39 is 7.60 Å². The van der Waals surface area contributed by atoms with Crippen LogP contribution in [0.15, 0.2) is 54.6 Å². The molecule has 146 valence electrons. The number of benzene rings is 2. The molecule has 27 heavy (non-hydrogen) atoms. The fraction of sp³-hybridized carbons (Fsp3) is 0.455. The molecular formula is C22H29O4P. The van der Waals surface area contributed by atoms with E-state index in [0.717, 1.165) is 29.7 Å². The maximum Gasteiger partial charge on any atom is 0.331 e. The Morgan fingerprint density at radius 1 is 1.00 bits per heavy atom. The van der Waals surface area contributed by atoms with Gasteiger partial charge in [0.15, 0.2) is 0 Å². The fourth-order valence-electron chi connectivity index (χ4n) is 3.38. The summed E-state index contributed by atoms with van der Waals surface area (Å²) in [4.78, 5) is 0. The smallest absolute Gasteiger partial charge is 0.331 e. The zero-order valence-corrected chi connectivity index (χ0v) is 17.1. The minimum atomic E-state index is -3.07. The molecule has 2 aromatic rings. The lowest BCUT2D eigenvalue weighted by atomic mass is 9.96. The summed E-state index contributed by atoms with van der Waals surface area (Å²) >= 11 is 0. The number of hydrogen-bond acceptors (Lipinski definition) is 4. The lowest BCUT2D eigenvalue weighted by Crippen LogP contribution is -2.11. The molecule has 0 radical (unpaired) electrons. The van der Waals surface area contributed by atoms with Crippen LogP contribution in [0, 0.1) is 5.92 Å². The van der Waals surface area contributed by atoms with Crippen LogP contribution in [0.4, 0.5) is 0 Å². The van der Waals surface area contributed by atoms with Crippen molar-refractivity contribution >= 4 is 7.60 Å². The van der Waals surface area contributed by atoms with Crippen LogP contribution in [0.3, 0.4) is 0 Å². The van der Waals surface area contributed by atoms with Gasteiger partial charge in [-0.1, -0.05) is 42.5 Å². The van der Waals surface area contributed by atoms with E-state index in [0.29, 0.717) is 31.9 Å². The molecule has 0 amide bonds. The van der Waals surface area contributed by atoms with Gasteiger partial charge >= 0.3 is 7.60 Å². The Hall–Kier alpha value is -1.61. The first-order chi connectivity index (χ1) is 13.1. The lowest BCUT2D eigenvalue weighted by molar-refractivity contribution is 0.217. The van der Waals surface area contributed by atoms with Crippen molar-refractivity contribution in [2.24, 2.45) is 5.92 Å². The second-order valence-electron chi connectivity index (χ2n) is 6.92. The Kier molecular flexibility index (Phi) is 7.12. The Balaban J connectivity index is 1.73. The third kappa shape index (κ3) is 5.93. The molecule has 5 heteroatoms. The quantitative estimate of drug-likeness (QED) is 0.441. The van der Waals surface area contributed by atoms with Crippen LogP contribution in [0.25, 0.3) is 0 Å². The Morgan fingerprint density at radius 2 is 1.70 bits per heavy atom. The molecule has 0 bridgehead atoms. The molecule has 0 spiro atoms. The maximum absolute atomic E-state index is 13.0. The topological polar surface area (TPSA) is 44.8 Å². The predicted molar refractivity (Wildman–Crippen MR) is 108 cm³/mol. The summed E-state index contributed by atoms with van der Waals surface area (Å²) in [5, 5.41) is 0. The van der Waals surface area contributed by atoms with Crippen molar-refractivity contribution in [1.29, 1.82) is 0 Å². The molecule has 2 aromatic carbocycles. The molecule has 4 nitrogen and oxygen atoms in total. The van der Waals surface area contributed by atoms with Gasteiger partial charge in [0.05, 0.1) is 19.4 Å². The van der Waals surface area contributed by atoms with Gasteiger partial charge in [0, 0.05) is 0 Å². The van der Waals surface area contributed by atoms with Crippen LogP contribution in [0.5, 0.6) is 5.75 Å². The number of ether oxygens (including phenoxy) is 1. The van der Waals surface area contributed by atoms with Gasteiger partial charge < -0.3 is 13.8 Å². The van der Waals surface area contributed by atoms with Crippen LogP contribution < -0.4 is 4.74 Å². The minimum absolute atomic E-state index is 0.175. The van der Waals surface area contributed by atoms with Gasteiger partial charge in [0.25, 0.3) is 0 Å². The first-order valence-corrected chi connectivity index (χ1v) is 11.5. The van der Waals surface area contributed by atoms with Crippen molar-refractivity contribution < 1.29 is 18.3 Å². The summed E-state index contributed by atoms with van der Waals surface area (Å²) in [5.74, 6) is 1.56. The van der Waals surface area contributed by atoms with Crippen molar-refractivity contribution in [1.82, 2.24) is 0 Å². The van der Waals surface area contributed by atoms with E-state index in [1.165, 1.54) is 0 Å². The standard InChI is InChI=1S/C22H29O4P/c1-3-25-27(23,26-4-2)17-22(19-13-14-19)20-11-8-12-21(15-20)24-16-18-9-6-5-7-10-18/h5-12,15,19,22H,3-4,13-14,16-17H2,1-2H3/t22-/m0/s1. The predicted octanol–water partition coefficient (Wildman–Crippen LogP) is 6.03. The molecule has 0 heterocycles. The molecule has 0 saturated heterocycles. The van der Waals surface area contributed by atoms with E-state index in [2.05, 4.69) is 24.3 Å². The molecule has 1 fully saturated rings. The third-order valence-electron chi connectivity index (χ3n) is 4.80. The van der Waals surface area contributed by atoms with E-state index in [-0.39, 0.29) is 5.92 Å². The second kappa shape index (κ2) is 9.54. The summed E-state index contributed by atoms with van der Waals surface area (Å²) in [6, 6.07) is 18.3. The van der Waals surface area contributed by atoms with E-state index in [9.17, 15) is 4.57 Å². The van der Waals surface area contributed by atoms with Gasteiger partial charge in [-0.15, -0.1) is 0 Å². The largest absolute Gasteiger partial charge is 0.489 e. The summed E-state index contributed by atoms with van der Waals surface area (Å²) < 4.78 is 30.1. The molecule has 0 aliphatic heterocycles. The minimum Gasteiger partial charge on any atom is -0.489 e. The Morgan fingerprint density at radius 3 is 2.33 bits per heavy atom. The van der Waals surface area contributed by atoms with Gasteiger partial charge in [0.1, 0.15) is 12.4 Å². The van der Waals surface area contributed by atoms with Crippen molar-refractivity contribution in [2.45, 2.75) is 39.2 Å². The van der Waals surface area contributed by atoms with Crippen LogP contribution in [-0.2, 0) is 20.2 Å². The summed E-state index contributed by atoms with van der Waals surface area (Å²) in [6.45, 7) is 5.05. The molecule has 3 rings (SSSR count). The maximum atomic E-state index is 13.0. The van der Waals surface area contributed by atoms with Crippen molar-refractivity contribution in [3.63, 3.8) is 0 Å². The normalized spacial score (nSPS) is 15.5. The second-order valence-corrected chi connectivity index (χ2v) is 9.02. The van der Waals surface area contributed by atoms with Crippen molar-refractivity contribution in [3.8, 4) is 5.75 Å². The van der Waals surface area contributed by atoms with Gasteiger partial charge in [-0.3, -0.25) is 4.57 Å². The first-order valence-electron chi connectivity index (χ1n) is 9.78. The molecule has 0 aromatic heterocycles. The number of rotatable bonds is 11. The molecule has 1 aliphatic carbocycles. The van der Waals surface area contributed by atoms with E-state index >= 15 is 0 Å². The highest BCUT2D eigenvalue weighted by molar-refractivity contribution is 7.53. The van der Waals surface area contributed by atoms with Crippen molar-refractivity contribution in [2.75, 3.05) is 19.4 Å². The average molecular weight is 388 g/mol. The fourth-order valence-corrected chi connectivity index (χ4v) is 5.44. The average Bonchev–Trinajstić information content (AvgIpc) is 3.51. The first kappa shape index (κ1) is 20.1. The van der Waals surface area contributed by atoms with Crippen LogP contribution in [0.1, 0.15) is 43.7 Å². The number of hydrogen-bond donors (Lipinski definition) is 0. The van der Waals surface area contributed by atoms with E-state index in [1.807, 2.05) is 44.2 Å². The Bertz CT molecular complexity index is 748. The van der Waals surface area contributed by atoms with Gasteiger partial charge in [-0.2, -0.15) is 0 Å². The van der Waals surface area contributed by atoms with E-state index in [4.69, 9.17) is 13.8 Å². The monoisotopic (exact) mass is 388 g/mol. The van der Waals surface area contributed by atoms with Gasteiger partial charge in [-0.25, -0.2) is 0 Å². The Labute approximate surface area is 162 Å². The highest BCUT2D eigenvalue weighted by atomic mass is 31.2. The lowest BCUT2D eigenvalue weighted by Gasteiger charge is -2.24. The van der Waals surface area contributed by atoms with Gasteiger partial charge in [-0.05, 0) is 61.8 Å². The zero-order chi connectivity index (χ0) is 19.1. The van der Waals surface area contributed by atoms with Gasteiger partial charge in [0.2, 0.25) is 0 Å². The summed E-state index contributed by atoms with van der Waals surface area (Å²) in [6.07, 6.45) is 2.76. The molecule has 0 unspecified atom stereocenters. The summed E-state index contributed by atoms with van der Waals surface area (Å²) in [5.41, 5.74) is 2.29. The van der Waals surface area contributed by atoms with Crippen LogP contribution in [0.2, 0.25) is 0 Å². The third-order valence-corrected chi connectivity index (χ3v) is 6.94. The highest BCUT2D eigenvalue weighted by Crippen LogP contribution is 2.56. The summed E-state index contributed by atoms with van der Waals surface area (Å²) in [7, 11) is -3.07. The molecule has 1 atom stereocenters. The molecule has 1 saturated carbocycles. The van der Waals surface area contributed by atoms with Crippen LogP contribution >= 0.6 is 7.60 Å². The van der Waals surface area contributed by atoms with Crippen molar-refractivity contribution in [3.05, 3.63) is 65.7 Å². The SMILES string of the molecule is CCOP(=O)(C[C@H](c1cccc(OCc2ccccc2)c1)C1CC1)OCC. The molecular weight excluding hydrogens is 359 g/mol. The molecule has 0 N–H and O–H groups in total. The molecule has 1 aliphatic rings.